The van der Waals surface area contributed by atoms with Gasteiger partial charge >= 0.3 is 17.9 Å². The number of rotatable bonds is 51. The van der Waals surface area contributed by atoms with Crippen molar-refractivity contribution in [2.45, 2.75) is 290 Å². The summed E-state index contributed by atoms with van der Waals surface area (Å²) >= 11 is 0. The van der Waals surface area contributed by atoms with Crippen molar-refractivity contribution >= 4 is 17.9 Å². The van der Waals surface area contributed by atoms with Crippen LogP contribution in [-0.4, -0.2) is 37.2 Å². The Morgan fingerprint density at radius 2 is 0.591 bits per heavy atom. The predicted molar refractivity (Wildman–Crippen MR) is 284 cm³/mol. The molecule has 0 saturated carbocycles. The van der Waals surface area contributed by atoms with Crippen molar-refractivity contribution in [3.8, 4) is 0 Å². The zero-order valence-corrected chi connectivity index (χ0v) is 43.7. The highest BCUT2D eigenvalue weighted by Crippen LogP contribution is 2.16. The van der Waals surface area contributed by atoms with Crippen molar-refractivity contribution in [2.24, 2.45) is 0 Å². The summed E-state index contributed by atoms with van der Waals surface area (Å²) in [6, 6.07) is 0. The highest BCUT2D eigenvalue weighted by molar-refractivity contribution is 5.71. The van der Waals surface area contributed by atoms with Gasteiger partial charge in [-0.1, -0.05) is 242 Å². The lowest BCUT2D eigenvalue weighted by Crippen LogP contribution is -2.30. The zero-order chi connectivity index (χ0) is 47.9. The first-order valence-electron chi connectivity index (χ1n) is 28.3. The molecule has 0 heterocycles. The summed E-state index contributed by atoms with van der Waals surface area (Å²) in [5.74, 6) is -0.882. The monoisotopic (exact) mass is 923 g/mol. The Kier molecular flexibility index (Phi) is 52.3. The lowest BCUT2D eigenvalue weighted by atomic mass is 10.0. The minimum Gasteiger partial charge on any atom is -0.462 e. The molecule has 0 fully saturated rings. The fourth-order valence-corrected chi connectivity index (χ4v) is 8.02. The van der Waals surface area contributed by atoms with E-state index in [0.717, 1.165) is 83.5 Å². The normalized spacial score (nSPS) is 12.5. The Balaban J connectivity index is 4.15. The molecule has 0 rings (SSSR count). The SMILES string of the molecule is CC/C=C\C/C=C\C/C=C\C/C=C\CCCCCCCCCCCCC(=O)OCC(COC(=O)CCCCCCCC)OC(=O)CCCCCCCCCCC/C=C\CCCCCCCC. The van der Waals surface area contributed by atoms with E-state index in [1.807, 2.05) is 0 Å². The van der Waals surface area contributed by atoms with Crippen molar-refractivity contribution in [1.82, 2.24) is 0 Å². The number of allylic oxidation sites excluding steroid dienone is 10. The summed E-state index contributed by atoms with van der Waals surface area (Å²) in [6.45, 7) is 6.48. The lowest BCUT2D eigenvalue weighted by Gasteiger charge is -2.18. The van der Waals surface area contributed by atoms with Gasteiger partial charge in [-0.05, 0) is 83.5 Å². The van der Waals surface area contributed by atoms with Crippen molar-refractivity contribution in [1.29, 1.82) is 0 Å². The topological polar surface area (TPSA) is 78.9 Å². The second-order valence-corrected chi connectivity index (χ2v) is 18.8. The Morgan fingerprint density at radius 3 is 0.939 bits per heavy atom. The highest BCUT2D eigenvalue weighted by Gasteiger charge is 2.19. The molecule has 0 aliphatic carbocycles. The van der Waals surface area contributed by atoms with E-state index in [9.17, 15) is 14.4 Å². The molecule has 0 aromatic heterocycles. The molecule has 66 heavy (non-hydrogen) atoms. The van der Waals surface area contributed by atoms with Crippen LogP contribution in [0, 0.1) is 0 Å². The van der Waals surface area contributed by atoms with Gasteiger partial charge in [0.1, 0.15) is 13.2 Å². The molecule has 382 valence electrons. The van der Waals surface area contributed by atoms with Gasteiger partial charge < -0.3 is 14.2 Å². The van der Waals surface area contributed by atoms with Gasteiger partial charge in [0.25, 0.3) is 0 Å². The van der Waals surface area contributed by atoms with Crippen molar-refractivity contribution < 1.29 is 28.6 Å². The lowest BCUT2D eigenvalue weighted by molar-refractivity contribution is -0.167. The Hall–Kier alpha value is -2.89. The third kappa shape index (κ3) is 52.1. The summed E-state index contributed by atoms with van der Waals surface area (Å²) in [5, 5.41) is 0. The second-order valence-electron chi connectivity index (χ2n) is 18.8. The molecular weight excluding hydrogens is 817 g/mol. The van der Waals surface area contributed by atoms with E-state index in [4.69, 9.17) is 14.2 Å². The molecule has 0 aromatic rings. The van der Waals surface area contributed by atoms with Crippen LogP contribution in [0.1, 0.15) is 284 Å². The molecule has 0 bridgehead atoms. The standard InChI is InChI=1S/C60H106O6/c1-4-7-10-13-16-18-20-22-24-26-28-29-30-31-33-34-36-38-40-42-44-47-50-53-59(62)65-56-57(55-64-58(61)52-49-46-15-12-9-6-3)66-60(63)54-51-48-45-43-41-39-37-35-32-27-25-23-21-19-17-14-11-8-5-2/h7,10,16,18,22-25,28-29,57H,4-6,8-9,11-15,17,19-21,26-27,30-56H2,1-3H3/b10-7-,18-16-,24-22-,25-23-,29-28-. The average molecular weight is 924 g/mol. The smallest absolute Gasteiger partial charge is 0.306 e. The van der Waals surface area contributed by atoms with Crippen LogP contribution in [0.4, 0.5) is 0 Å². The fraction of sp³-hybridized carbons (Fsp3) is 0.783. The van der Waals surface area contributed by atoms with Crippen LogP contribution in [0.3, 0.4) is 0 Å². The molecular formula is C60H106O6. The largest absolute Gasteiger partial charge is 0.462 e. The molecule has 0 amide bonds. The first kappa shape index (κ1) is 63.1. The zero-order valence-electron chi connectivity index (χ0n) is 43.7. The molecule has 6 nitrogen and oxygen atoms in total. The van der Waals surface area contributed by atoms with Crippen molar-refractivity contribution in [3.63, 3.8) is 0 Å². The number of esters is 3. The van der Waals surface area contributed by atoms with Gasteiger partial charge in [0.05, 0.1) is 0 Å². The highest BCUT2D eigenvalue weighted by atomic mass is 16.6. The summed E-state index contributed by atoms with van der Waals surface area (Å²) in [4.78, 5) is 37.9. The summed E-state index contributed by atoms with van der Waals surface area (Å²) in [5.41, 5.74) is 0. The van der Waals surface area contributed by atoms with E-state index < -0.39 is 6.10 Å². The van der Waals surface area contributed by atoms with Crippen LogP contribution in [0.2, 0.25) is 0 Å². The Bertz CT molecular complexity index is 1200. The molecule has 0 spiro atoms. The number of hydrogen-bond donors (Lipinski definition) is 0. The van der Waals surface area contributed by atoms with Crippen LogP contribution in [-0.2, 0) is 28.6 Å². The molecule has 1 unspecified atom stereocenters. The van der Waals surface area contributed by atoms with Gasteiger partial charge in [-0.15, -0.1) is 0 Å². The molecule has 1 atom stereocenters. The predicted octanol–water partition coefficient (Wildman–Crippen LogP) is 18.8. The summed E-state index contributed by atoms with van der Waals surface area (Å²) < 4.78 is 16.8. The van der Waals surface area contributed by atoms with Gasteiger partial charge in [0.2, 0.25) is 0 Å². The van der Waals surface area contributed by atoms with Crippen molar-refractivity contribution in [3.05, 3.63) is 60.8 Å². The minimum absolute atomic E-state index is 0.0749. The van der Waals surface area contributed by atoms with Crippen LogP contribution in [0.25, 0.3) is 0 Å². The van der Waals surface area contributed by atoms with Gasteiger partial charge in [-0.25, -0.2) is 0 Å². The Labute approximate surface area is 409 Å². The maximum absolute atomic E-state index is 12.8. The first-order chi connectivity index (χ1) is 32.5. The number of ether oxygens (including phenoxy) is 3. The maximum atomic E-state index is 12.8. The van der Waals surface area contributed by atoms with E-state index in [1.165, 1.54) is 161 Å². The first-order valence-corrected chi connectivity index (χ1v) is 28.3. The van der Waals surface area contributed by atoms with E-state index in [0.29, 0.717) is 19.3 Å². The van der Waals surface area contributed by atoms with Crippen molar-refractivity contribution in [2.75, 3.05) is 13.2 Å². The molecule has 0 aliphatic rings. The number of carbonyl (C=O) groups excluding carboxylic acids is 3. The summed E-state index contributed by atoms with van der Waals surface area (Å²) in [7, 11) is 0. The molecule has 0 aliphatic heterocycles. The quantitative estimate of drug-likeness (QED) is 0.0262. The summed E-state index contributed by atoms with van der Waals surface area (Å²) in [6.07, 6.45) is 68.1. The van der Waals surface area contributed by atoms with E-state index >= 15 is 0 Å². The van der Waals surface area contributed by atoms with E-state index in [1.54, 1.807) is 0 Å². The minimum atomic E-state index is -0.773. The molecule has 0 radical (unpaired) electrons. The number of unbranched alkanes of at least 4 members (excludes halogenated alkanes) is 30. The third-order valence-electron chi connectivity index (χ3n) is 12.3. The number of hydrogen-bond acceptors (Lipinski definition) is 6. The van der Waals surface area contributed by atoms with E-state index in [2.05, 4.69) is 81.5 Å². The van der Waals surface area contributed by atoms with Crippen LogP contribution in [0.15, 0.2) is 60.8 Å². The molecule has 6 heteroatoms. The van der Waals surface area contributed by atoms with Crippen LogP contribution in [0.5, 0.6) is 0 Å². The molecule has 0 aromatic carbocycles. The fourth-order valence-electron chi connectivity index (χ4n) is 8.02. The third-order valence-corrected chi connectivity index (χ3v) is 12.3. The average Bonchev–Trinajstić information content (AvgIpc) is 3.31. The number of carbonyl (C=O) groups is 3. The maximum Gasteiger partial charge on any atom is 0.306 e. The van der Waals surface area contributed by atoms with Gasteiger partial charge in [0, 0.05) is 19.3 Å². The van der Waals surface area contributed by atoms with Crippen LogP contribution < -0.4 is 0 Å². The van der Waals surface area contributed by atoms with Gasteiger partial charge in [0.15, 0.2) is 6.10 Å². The molecule has 0 N–H and O–H groups in total. The van der Waals surface area contributed by atoms with E-state index in [-0.39, 0.29) is 31.1 Å². The van der Waals surface area contributed by atoms with Gasteiger partial charge in [-0.2, -0.15) is 0 Å². The van der Waals surface area contributed by atoms with Crippen LogP contribution >= 0.6 is 0 Å². The Morgan fingerprint density at radius 1 is 0.318 bits per heavy atom. The molecule has 0 saturated heterocycles. The second kappa shape index (κ2) is 54.7. The van der Waals surface area contributed by atoms with Gasteiger partial charge in [-0.3, -0.25) is 14.4 Å².